The van der Waals surface area contributed by atoms with Gasteiger partial charge in [0.1, 0.15) is 19.1 Å². The molecule has 1 amide bonds. The topological polar surface area (TPSA) is 46.6 Å². The molecule has 5 heteroatoms. The van der Waals surface area contributed by atoms with E-state index in [2.05, 4.69) is 0 Å². The summed E-state index contributed by atoms with van der Waals surface area (Å²) in [6.07, 6.45) is -0.853. The molecule has 4 nitrogen and oxygen atoms in total. The lowest BCUT2D eigenvalue weighted by Crippen LogP contribution is -2.45. The van der Waals surface area contributed by atoms with Gasteiger partial charge in [-0.25, -0.2) is 9.18 Å². The molecule has 1 aromatic carbocycles. The third-order valence-corrected chi connectivity index (χ3v) is 3.23. The number of ether oxygens (including phenoxy) is 1. The van der Waals surface area contributed by atoms with Gasteiger partial charge in [-0.3, -0.25) is 0 Å². The highest BCUT2D eigenvalue weighted by atomic mass is 19.1. The van der Waals surface area contributed by atoms with Gasteiger partial charge in [-0.1, -0.05) is 30.3 Å². The second-order valence-electron chi connectivity index (χ2n) is 4.59. The lowest BCUT2D eigenvalue weighted by molar-refractivity contribution is -0.114. The molecule has 0 radical (unpaired) electrons. The summed E-state index contributed by atoms with van der Waals surface area (Å²) in [5.74, 6) is -0.599. The molecule has 1 heterocycles. The fraction of sp³-hybridized carbons (Fsp3) is 0.429. The highest BCUT2D eigenvalue weighted by Crippen LogP contribution is 2.19. The van der Waals surface area contributed by atoms with Gasteiger partial charge >= 0.3 is 6.09 Å². The molecule has 1 aliphatic heterocycles. The summed E-state index contributed by atoms with van der Waals surface area (Å²) < 4.78 is 18.7. The first kappa shape index (κ1) is 13.5. The number of nitrogens with zero attached hydrogens (tertiary/aromatic N) is 1. The van der Waals surface area contributed by atoms with Crippen LogP contribution in [0.2, 0.25) is 0 Å². The number of halogens is 1. The van der Waals surface area contributed by atoms with E-state index in [1.807, 2.05) is 30.3 Å². The lowest BCUT2D eigenvalue weighted by Gasteiger charge is -2.31. The van der Waals surface area contributed by atoms with Crippen LogP contribution in [0.5, 0.6) is 0 Å². The average Bonchev–Trinajstić information content (AvgIpc) is 2.45. The number of hydrogen-bond acceptors (Lipinski definition) is 3. The molecule has 0 spiro atoms. The summed E-state index contributed by atoms with van der Waals surface area (Å²) in [6.45, 7) is 0.457. The molecule has 0 aliphatic carbocycles. The van der Waals surface area contributed by atoms with Gasteiger partial charge in [-0.2, -0.15) is 0 Å². The predicted molar refractivity (Wildman–Crippen MR) is 67.3 cm³/mol. The Morgan fingerprint density at radius 1 is 1.42 bits per heavy atom. The van der Waals surface area contributed by atoms with Gasteiger partial charge in [0.15, 0.2) is 0 Å². The summed E-state index contributed by atoms with van der Waals surface area (Å²) in [7, 11) is 0. The molecule has 0 N–H and O–H groups in total. The second kappa shape index (κ2) is 6.31. The fourth-order valence-corrected chi connectivity index (χ4v) is 2.05. The molecule has 2 atom stereocenters. The molecule has 1 aliphatic rings. The first-order valence-electron chi connectivity index (χ1n) is 6.25. The van der Waals surface area contributed by atoms with E-state index in [0.29, 0.717) is 19.3 Å². The van der Waals surface area contributed by atoms with Gasteiger partial charge in [-0.05, 0) is 12.0 Å². The van der Waals surface area contributed by atoms with Crippen molar-refractivity contribution in [2.75, 3.05) is 13.1 Å². The molecule has 1 aromatic rings. The standard InChI is InChI=1S/C14H16FNO3/c15-13-8-16(7-6-12(13)9-17)14(18)19-10-11-4-2-1-3-5-11/h1-5,9,12-13H,6-8,10H2. The second-order valence-corrected chi connectivity index (χ2v) is 4.59. The van der Waals surface area contributed by atoms with Gasteiger partial charge in [0.05, 0.1) is 6.54 Å². The van der Waals surface area contributed by atoms with Crippen LogP contribution in [-0.2, 0) is 16.1 Å². The van der Waals surface area contributed by atoms with Crippen LogP contribution in [0.15, 0.2) is 30.3 Å². The summed E-state index contributed by atoms with van der Waals surface area (Å²) in [4.78, 5) is 23.7. The number of piperidine rings is 1. The maximum absolute atomic E-state index is 13.5. The first-order valence-corrected chi connectivity index (χ1v) is 6.25. The number of carbonyl (C=O) groups is 2. The predicted octanol–water partition coefficient (Wildman–Crippen LogP) is 2.18. The number of hydrogen-bond donors (Lipinski definition) is 0. The van der Waals surface area contributed by atoms with E-state index >= 15 is 0 Å². The molecule has 1 saturated heterocycles. The maximum atomic E-state index is 13.5. The summed E-state index contributed by atoms with van der Waals surface area (Å²) in [5.41, 5.74) is 0.885. The van der Waals surface area contributed by atoms with E-state index in [1.165, 1.54) is 4.90 Å². The Morgan fingerprint density at radius 2 is 2.16 bits per heavy atom. The van der Waals surface area contributed by atoms with Gasteiger partial charge in [-0.15, -0.1) is 0 Å². The first-order chi connectivity index (χ1) is 9.20. The molecule has 2 unspecified atom stereocenters. The number of amides is 1. The molecule has 0 bridgehead atoms. The smallest absolute Gasteiger partial charge is 0.410 e. The minimum atomic E-state index is -1.30. The third kappa shape index (κ3) is 3.53. The van der Waals surface area contributed by atoms with Crippen molar-refractivity contribution >= 4 is 12.4 Å². The largest absolute Gasteiger partial charge is 0.445 e. The summed E-state index contributed by atoms with van der Waals surface area (Å²) in [6, 6.07) is 9.30. The molecule has 2 rings (SSSR count). The van der Waals surface area contributed by atoms with Crippen molar-refractivity contribution in [3.63, 3.8) is 0 Å². The quantitative estimate of drug-likeness (QED) is 0.787. The van der Waals surface area contributed by atoms with Crippen LogP contribution in [-0.4, -0.2) is 36.5 Å². The van der Waals surface area contributed by atoms with Crippen molar-refractivity contribution in [3.05, 3.63) is 35.9 Å². The van der Waals surface area contributed by atoms with Crippen LogP contribution < -0.4 is 0 Å². The van der Waals surface area contributed by atoms with E-state index in [-0.39, 0.29) is 13.2 Å². The lowest BCUT2D eigenvalue weighted by atomic mass is 9.97. The zero-order valence-electron chi connectivity index (χ0n) is 10.5. The molecule has 102 valence electrons. The zero-order chi connectivity index (χ0) is 13.7. The normalized spacial score (nSPS) is 22.9. The molecule has 19 heavy (non-hydrogen) atoms. The van der Waals surface area contributed by atoms with Crippen molar-refractivity contribution in [1.82, 2.24) is 4.90 Å². The Balaban J connectivity index is 1.82. The Bertz CT molecular complexity index is 438. The third-order valence-electron chi connectivity index (χ3n) is 3.23. The van der Waals surface area contributed by atoms with Crippen LogP contribution in [0, 0.1) is 5.92 Å². The molecule has 0 aromatic heterocycles. The van der Waals surface area contributed by atoms with Crippen molar-refractivity contribution in [2.24, 2.45) is 5.92 Å². The molecule has 0 saturated carbocycles. The van der Waals surface area contributed by atoms with Gasteiger partial charge in [0.2, 0.25) is 0 Å². The molecular formula is C14H16FNO3. The van der Waals surface area contributed by atoms with E-state index in [1.54, 1.807) is 0 Å². The number of rotatable bonds is 3. The van der Waals surface area contributed by atoms with Crippen LogP contribution in [0.4, 0.5) is 9.18 Å². The molecule has 1 fully saturated rings. The monoisotopic (exact) mass is 265 g/mol. The van der Waals surface area contributed by atoms with Crippen LogP contribution in [0.1, 0.15) is 12.0 Å². The maximum Gasteiger partial charge on any atom is 0.410 e. The number of likely N-dealkylation sites (tertiary alicyclic amines) is 1. The Kier molecular flexibility index (Phi) is 4.49. The van der Waals surface area contributed by atoms with Gasteiger partial charge in [0, 0.05) is 12.5 Å². The number of carbonyl (C=O) groups excluding carboxylic acids is 2. The van der Waals surface area contributed by atoms with Gasteiger partial charge < -0.3 is 14.4 Å². The number of benzene rings is 1. The summed E-state index contributed by atoms with van der Waals surface area (Å²) in [5, 5.41) is 0. The van der Waals surface area contributed by atoms with Crippen molar-refractivity contribution in [3.8, 4) is 0 Å². The summed E-state index contributed by atoms with van der Waals surface area (Å²) >= 11 is 0. The number of alkyl halides is 1. The van der Waals surface area contributed by atoms with E-state index < -0.39 is 18.2 Å². The van der Waals surface area contributed by atoms with Crippen molar-refractivity contribution in [2.45, 2.75) is 19.2 Å². The zero-order valence-corrected chi connectivity index (χ0v) is 10.5. The van der Waals surface area contributed by atoms with Gasteiger partial charge in [0.25, 0.3) is 0 Å². The van der Waals surface area contributed by atoms with E-state index in [4.69, 9.17) is 4.74 Å². The minimum absolute atomic E-state index is 0.0724. The van der Waals surface area contributed by atoms with Crippen molar-refractivity contribution < 1.29 is 18.7 Å². The van der Waals surface area contributed by atoms with Crippen LogP contribution in [0.3, 0.4) is 0 Å². The number of aldehydes is 1. The van der Waals surface area contributed by atoms with Crippen molar-refractivity contribution in [1.29, 1.82) is 0 Å². The van der Waals surface area contributed by atoms with E-state index in [9.17, 15) is 14.0 Å². The average molecular weight is 265 g/mol. The SMILES string of the molecule is O=CC1CCN(C(=O)OCc2ccccc2)CC1F. The van der Waals surface area contributed by atoms with E-state index in [0.717, 1.165) is 5.56 Å². The minimum Gasteiger partial charge on any atom is -0.445 e. The highest BCUT2D eigenvalue weighted by Gasteiger charge is 2.31. The van der Waals surface area contributed by atoms with Crippen LogP contribution >= 0.6 is 0 Å². The Hall–Kier alpha value is -1.91. The fourth-order valence-electron chi connectivity index (χ4n) is 2.05. The van der Waals surface area contributed by atoms with Crippen LogP contribution in [0.25, 0.3) is 0 Å². The molecular weight excluding hydrogens is 249 g/mol. The highest BCUT2D eigenvalue weighted by molar-refractivity contribution is 5.68. The Morgan fingerprint density at radius 3 is 2.79 bits per heavy atom. The Labute approximate surface area is 111 Å².